The van der Waals surface area contributed by atoms with Crippen LogP contribution >= 0.6 is 0 Å². The molecule has 8 heteroatoms. The van der Waals surface area contributed by atoms with Crippen molar-refractivity contribution in [3.63, 3.8) is 0 Å². The number of halogens is 3. The second-order valence-electron chi connectivity index (χ2n) is 3.39. The number of hydrogen-bond donors (Lipinski definition) is 3. The zero-order valence-electron chi connectivity index (χ0n) is 9.15. The van der Waals surface area contributed by atoms with Crippen LogP contribution in [0.4, 0.5) is 13.2 Å². The molecule has 0 saturated heterocycles. The molecular weight excluding hydrogens is 255 g/mol. The van der Waals surface area contributed by atoms with Gasteiger partial charge in [0.1, 0.15) is 6.04 Å². The minimum Gasteiger partial charge on any atom is -0.504 e. The van der Waals surface area contributed by atoms with Crippen LogP contribution in [0.25, 0.3) is 0 Å². The molecule has 0 aliphatic rings. The van der Waals surface area contributed by atoms with E-state index in [1.165, 1.54) is 0 Å². The van der Waals surface area contributed by atoms with Crippen molar-refractivity contribution < 1.29 is 32.9 Å². The smallest absolute Gasteiger partial charge is 0.416 e. The Bertz CT molecular complexity index is 473. The van der Waals surface area contributed by atoms with Crippen LogP contribution in [0.3, 0.4) is 0 Å². The molecule has 1 atom stereocenters. The average molecular weight is 265 g/mol. The molecule has 1 aromatic rings. The lowest BCUT2D eigenvalue weighted by Crippen LogP contribution is -2.24. The van der Waals surface area contributed by atoms with E-state index < -0.39 is 35.1 Å². The Kier molecular flexibility index (Phi) is 3.70. The second-order valence-corrected chi connectivity index (χ2v) is 3.39. The minimum absolute atomic E-state index is 0.283. The Hall–Kier alpha value is -1.96. The number of alkyl halides is 3. The summed E-state index contributed by atoms with van der Waals surface area (Å²) < 4.78 is 42.7. The number of rotatable bonds is 3. The van der Waals surface area contributed by atoms with Gasteiger partial charge in [-0.3, -0.25) is 4.79 Å². The first-order chi connectivity index (χ1) is 8.20. The fourth-order valence-corrected chi connectivity index (χ4v) is 1.44. The van der Waals surface area contributed by atoms with Crippen molar-refractivity contribution >= 4 is 5.97 Å². The Balaban J connectivity index is 3.55. The molecule has 1 rings (SSSR count). The van der Waals surface area contributed by atoms with Crippen LogP contribution in [0, 0.1) is 0 Å². The number of benzene rings is 1. The van der Waals surface area contributed by atoms with Gasteiger partial charge >= 0.3 is 12.1 Å². The molecule has 0 amide bonds. The van der Waals surface area contributed by atoms with E-state index in [1.807, 2.05) is 0 Å². The predicted octanol–water partition coefficient (Wildman–Crippen LogP) is 1.50. The molecule has 0 bridgehead atoms. The van der Waals surface area contributed by atoms with Crippen molar-refractivity contribution in [1.29, 1.82) is 0 Å². The first-order valence-corrected chi connectivity index (χ1v) is 4.65. The van der Waals surface area contributed by atoms with E-state index in [9.17, 15) is 23.1 Å². The summed E-state index contributed by atoms with van der Waals surface area (Å²) in [4.78, 5) is 10.7. The van der Waals surface area contributed by atoms with E-state index in [-0.39, 0.29) is 5.75 Å². The number of aromatic hydroxyl groups is 1. The van der Waals surface area contributed by atoms with E-state index in [0.717, 1.165) is 13.2 Å². The summed E-state index contributed by atoms with van der Waals surface area (Å²) in [7, 11) is 1.12. The third-order valence-corrected chi connectivity index (χ3v) is 2.28. The number of hydrogen-bond acceptors (Lipinski definition) is 4. The largest absolute Gasteiger partial charge is 0.504 e. The maximum atomic E-state index is 12.7. The van der Waals surface area contributed by atoms with Gasteiger partial charge in [0, 0.05) is 5.56 Å². The van der Waals surface area contributed by atoms with Crippen LogP contribution in [0.15, 0.2) is 12.1 Å². The molecule has 18 heavy (non-hydrogen) atoms. The SMILES string of the molecule is COc1ccc(C(F)(F)F)c(C(N)C(=O)O)c1O. The van der Waals surface area contributed by atoms with Gasteiger partial charge in [-0.1, -0.05) is 0 Å². The van der Waals surface area contributed by atoms with Crippen molar-refractivity contribution in [3.05, 3.63) is 23.3 Å². The highest BCUT2D eigenvalue weighted by Crippen LogP contribution is 2.42. The summed E-state index contributed by atoms with van der Waals surface area (Å²) in [6, 6.07) is -0.510. The van der Waals surface area contributed by atoms with Gasteiger partial charge in [0.25, 0.3) is 0 Å². The fraction of sp³-hybridized carbons (Fsp3) is 0.300. The van der Waals surface area contributed by atoms with Gasteiger partial charge in [-0.2, -0.15) is 13.2 Å². The Morgan fingerprint density at radius 3 is 2.39 bits per heavy atom. The highest BCUT2D eigenvalue weighted by molar-refractivity contribution is 5.78. The van der Waals surface area contributed by atoms with Gasteiger partial charge in [0.2, 0.25) is 0 Å². The van der Waals surface area contributed by atoms with Gasteiger partial charge in [0.05, 0.1) is 12.7 Å². The maximum Gasteiger partial charge on any atom is 0.416 e. The van der Waals surface area contributed by atoms with E-state index in [1.54, 1.807) is 0 Å². The van der Waals surface area contributed by atoms with E-state index >= 15 is 0 Å². The zero-order chi connectivity index (χ0) is 14.1. The van der Waals surface area contributed by atoms with E-state index in [2.05, 4.69) is 4.74 Å². The normalized spacial score (nSPS) is 13.2. The molecular formula is C10H10F3NO4. The van der Waals surface area contributed by atoms with Crippen LogP contribution in [0.1, 0.15) is 17.2 Å². The molecule has 0 aliphatic heterocycles. The third kappa shape index (κ3) is 2.48. The number of methoxy groups -OCH3 is 1. The average Bonchev–Trinajstić information content (AvgIpc) is 2.26. The quantitative estimate of drug-likeness (QED) is 0.770. The molecule has 4 N–H and O–H groups in total. The minimum atomic E-state index is -4.83. The lowest BCUT2D eigenvalue weighted by molar-refractivity contribution is -0.141. The number of carbonyl (C=O) groups is 1. The summed E-state index contributed by atoms with van der Waals surface area (Å²) in [5.41, 5.74) is 2.91. The molecule has 0 spiro atoms. The van der Waals surface area contributed by atoms with Gasteiger partial charge in [-0.25, -0.2) is 0 Å². The number of carboxylic acid groups (broad SMARTS) is 1. The van der Waals surface area contributed by atoms with Gasteiger partial charge in [-0.05, 0) is 12.1 Å². The van der Waals surface area contributed by atoms with Crippen molar-refractivity contribution in [2.75, 3.05) is 7.11 Å². The van der Waals surface area contributed by atoms with E-state index in [4.69, 9.17) is 10.8 Å². The molecule has 1 unspecified atom stereocenters. The van der Waals surface area contributed by atoms with Crippen LogP contribution in [0.5, 0.6) is 11.5 Å². The molecule has 100 valence electrons. The first-order valence-electron chi connectivity index (χ1n) is 4.65. The van der Waals surface area contributed by atoms with Gasteiger partial charge in [0.15, 0.2) is 11.5 Å². The lowest BCUT2D eigenvalue weighted by atomic mass is 9.98. The van der Waals surface area contributed by atoms with E-state index in [0.29, 0.717) is 6.07 Å². The maximum absolute atomic E-state index is 12.7. The molecule has 0 aromatic heterocycles. The molecule has 0 aliphatic carbocycles. The van der Waals surface area contributed by atoms with Crippen molar-refractivity contribution in [2.24, 2.45) is 5.73 Å². The lowest BCUT2D eigenvalue weighted by Gasteiger charge is -2.18. The topological polar surface area (TPSA) is 92.8 Å². The summed E-state index contributed by atoms with van der Waals surface area (Å²) in [6.45, 7) is 0. The molecule has 0 saturated carbocycles. The fourth-order valence-electron chi connectivity index (χ4n) is 1.44. The Labute approximate surface area is 99.6 Å². The monoisotopic (exact) mass is 265 g/mol. The molecule has 0 radical (unpaired) electrons. The highest BCUT2D eigenvalue weighted by atomic mass is 19.4. The van der Waals surface area contributed by atoms with Crippen LogP contribution < -0.4 is 10.5 Å². The number of phenols is 1. The predicted molar refractivity (Wildman–Crippen MR) is 54.2 cm³/mol. The summed E-state index contributed by atoms with van der Waals surface area (Å²) in [5.74, 6) is -2.90. The first kappa shape index (κ1) is 14.1. The zero-order valence-corrected chi connectivity index (χ0v) is 9.15. The molecule has 0 heterocycles. The van der Waals surface area contributed by atoms with Gasteiger partial charge in [-0.15, -0.1) is 0 Å². The van der Waals surface area contributed by atoms with Crippen molar-refractivity contribution in [1.82, 2.24) is 0 Å². The number of phenolic OH excluding ortho intramolecular Hbond substituents is 1. The molecule has 0 fully saturated rings. The Morgan fingerprint density at radius 1 is 1.44 bits per heavy atom. The number of ether oxygens (including phenoxy) is 1. The highest BCUT2D eigenvalue weighted by Gasteiger charge is 2.38. The molecule has 1 aromatic carbocycles. The molecule has 5 nitrogen and oxygen atoms in total. The summed E-state index contributed by atoms with van der Waals surface area (Å²) >= 11 is 0. The number of aliphatic carboxylic acids is 1. The van der Waals surface area contributed by atoms with Crippen LogP contribution in [0.2, 0.25) is 0 Å². The summed E-state index contributed by atoms with van der Waals surface area (Å²) in [5, 5.41) is 18.3. The van der Waals surface area contributed by atoms with Gasteiger partial charge < -0.3 is 20.7 Å². The van der Waals surface area contributed by atoms with Crippen molar-refractivity contribution in [2.45, 2.75) is 12.2 Å². The Morgan fingerprint density at radius 2 is 2.00 bits per heavy atom. The van der Waals surface area contributed by atoms with Crippen LogP contribution in [-0.2, 0) is 11.0 Å². The standard InChI is InChI=1S/C10H10F3NO4/c1-18-5-3-2-4(10(11,12)13)6(8(5)15)7(14)9(16)17/h2-3,7,15H,14H2,1H3,(H,16,17). The third-order valence-electron chi connectivity index (χ3n) is 2.28. The summed E-state index contributed by atoms with van der Waals surface area (Å²) in [6.07, 6.45) is -4.83. The second kappa shape index (κ2) is 4.73. The number of nitrogens with two attached hydrogens (primary N) is 1. The van der Waals surface area contributed by atoms with Crippen molar-refractivity contribution in [3.8, 4) is 11.5 Å². The van der Waals surface area contributed by atoms with Crippen LogP contribution in [-0.4, -0.2) is 23.3 Å². The number of carboxylic acids is 1.